The van der Waals surface area contributed by atoms with E-state index in [2.05, 4.69) is 98.7 Å². The molecule has 2 nitrogen and oxygen atoms in total. The van der Waals surface area contributed by atoms with Gasteiger partial charge in [-0.15, -0.1) is 4.79 Å². The van der Waals surface area contributed by atoms with Gasteiger partial charge in [-0.2, -0.15) is 0 Å². The standard InChI is InChI=1S/C54H84N2/c1-5-9-13-16-17-18-19-20-21-22-23-24-25-26-27-28-29-30-31-33-41-52(47-56-55)53(44-34-15-11-7-3)54(50-42-35-39-48(45-50)37-12-8-4)51-43-36-40-49(46-51)38-32-14-10-6-2/h35-36,39-40,42-43,45-46H,5-32,34,37-38,44H2,1-4H3. The fourth-order valence-electron chi connectivity index (χ4n) is 8.01. The second-order valence-electron chi connectivity index (χ2n) is 16.6. The van der Waals surface area contributed by atoms with Crippen molar-refractivity contribution in [2.24, 2.45) is 0 Å². The molecule has 2 aromatic rings. The summed E-state index contributed by atoms with van der Waals surface area (Å²) < 4.78 is 0. The number of unbranched alkanes of at least 4 members (excludes halogenated alkanes) is 25. The molecule has 0 bridgehead atoms. The Morgan fingerprint density at radius 1 is 0.482 bits per heavy atom. The number of hydrogen-bond acceptors (Lipinski definition) is 0. The first-order chi connectivity index (χ1) is 27.7. The van der Waals surface area contributed by atoms with Gasteiger partial charge in [0.15, 0.2) is 5.57 Å². The molecule has 0 amide bonds. The maximum Gasteiger partial charge on any atom is 0.317 e. The molecule has 0 spiro atoms. The largest absolute Gasteiger partial charge is 0.348 e. The lowest BCUT2D eigenvalue weighted by molar-refractivity contribution is 0.00770. The van der Waals surface area contributed by atoms with Crippen LogP contribution in [0.3, 0.4) is 0 Å². The Balaban J connectivity index is 2.08. The molecule has 0 aliphatic rings. The van der Waals surface area contributed by atoms with Crippen molar-refractivity contribution < 1.29 is 4.79 Å². The van der Waals surface area contributed by atoms with Gasteiger partial charge in [0.1, 0.15) is 0 Å². The number of allylic oxidation sites excluding steroid dienone is 2. The first-order valence-electron chi connectivity index (χ1n) is 24.1. The summed E-state index contributed by atoms with van der Waals surface area (Å²) in [5.74, 6) is 9.98. The zero-order valence-electron chi connectivity index (χ0n) is 37.1. The fourth-order valence-corrected chi connectivity index (χ4v) is 8.01. The number of nitrogens with zero attached hydrogens (tertiary/aromatic N) is 2. The van der Waals surface area contributed by atoms with Crippen molar-refractivity contribution in [2.75, 3.05) is 0 Å². The van der Waals surface area contributed by atoms with E-state index < -0.39 is 0 Å². The molecule has 0 fully saturated rings. The van der Waals surface area contributed by atoms with Crippen molar-refractivity contribution >= 4 is 11.4 Å². The van der Waals surface area contributed by atoms with Gasteiger partial charge in [0, 0.05) is 6.42 Å². The lowest BCUT2D eigenvalue weighted by Gasteiger charge is -2.17. The van der Waals surface area contributed by atoms with E-state index in [0.717, 1.165) is 44.1 Å². The highest BCUT2D eigenvalue weighted by Gasteiger charge is 2.18. The lowest BCUT2D eigenvalue weighted by atomic mass is 9.85. The van der Waals surface area contributed by atoms with Crippen molar-refractivity contribution in [1.29, 1.82) is 0 Å². The van der Waals surface area contributed by atoms with Gasteiger partial charge < -0.3 is 5.53 Å². The number of aryl methyl sites for hydroxylation is 2. The summed E-state index contributed by atoms with van der Waals surface area (Å²) in [4.78, 5) is 3.48. The first kappa shape index (κ1) is 49.0. The highest BCUT2D eigenvalue weighted by Crippen LogP contribution is 2.34. The topological polar surface area (TPSA) is 36.4 Å². The second-order valence-corrected chi connectivity index (χ2v) is 16.6. The van der Waals surface area contributed by atoms with Gasteiger partial charge >= 0.3 is 5.87 Å². The van der Waals surface area contributed by atoms with Gasteiger partial charge in [0.05, 0.1) is 0 Å². The van der Waals surface area contributed by atoms with Crippen molar-refractivity contribution in [3.63, 3.8) is 0 Å². The first-order valence-corrected chi connectivity index (χ1v) is 24.1. The average Bonchev–Trinajstić information content (AvgIpc) is 3.22. The minimum absolute atomic E-state index is 0.744. The van der Waals surface area contributed by atoms with Crippen LogP contribution in [-0.4, -0.2) is 10.7 Å². The van der Waals surface area contributed by atoms with E-state index in [1.807, 2.05) is 0 Å². The monoisotopic (exact) mass is 761 g/mol. The fraction of sp³-hybridized carbons (Fsp3) is 0.667. The van der Waals surface area contributed by atoms with E-state index in [-0.39, 0.29) is 0 Å². The Morgan fingerprint density at radius 3 is 1.36 bits per heavy atom. The summed E-state index contributed by atoms with van der Waals surface area (Å²) in [6.45, 7) is 9.11. The van der Waals surface area contributed by atoms with Gasteiger partial charge in [-0.3, -0.25) is 0 Å². The smallest absolute Gasteiger partial charge is 0.317 e. The molecule has 2 aromatic carbocycles. The Bertz CT molecular complexity index is 1450. The number of hydrogen-bond donors (Lipinski definition) is 0. The van der Waals surface area contributed by atoms with E-state index in [9.17, 15) is 5.53 Å². The normalized spacial score (nSPS) is 11.4. The molecule has 0 unspecified atom stereocenters. The minimum Gasteiger partial charge on any atom is -0.348 e. The van der Waals surface area contributed by atoms with Gasteiger partial charge in [0.25, 0.3) is 0 Å². The highest BCUT2D eigenvalue weighted by molar-refractivity contribution is 5.89. The maximum absolute atomic E-state index is 9.91. The van der Waals surface area contributed by atoms with Crippen LogP contribution in [0.25, 0.3) is 11.1 Å². The molecule has 2 heteroatoms. The van der Waals surface area contributed by atoms with E-state index in [0.29, 0.717) is 0 Å². The van der Waals surface area contributed by atoms with Crippen LogP contribution in [0.5, 0.6) is 0 Å². The van der Waals surface area contributed by atoms with Crippen LogP contribution < -0.4 is 0 Å². The molecule has 0 heterocycles. The zero-order valence-corrected chi connectivity index (χ0v) is 37.1. The zero-order chi connectivity index (χ0) is 40.2. The third kappa shape index (κ3) is 23.2. The molecule has 0 saturated carbocycles. The van der Waals surface area contributed by atoms with Gasteiger partial charge in [-0.25, -0.2) is 0 Å². The summed E-state index contributed by atoms with van der Waals surface area (Å²) in [5.41, 5.74) is 18.3. The van der Waals surface area contributed by atoms with Crippen molar-refractivity contribution in [3.8, 4) is 11.8 Å². The molecule has 0 radical (unpaired) electrons. The predicted molar refractivity (Wildman–Crippen MR) is 247 cm³/mol. The Kier molecular flexibility index (Phi) is 30.7. The van der Waals surface area contributed by atoms with Crippen LogP contribution in [0, 0.1) is 11.8 Å². The molecule has 0 aromatic heterocycles. The molecule has 0 atom stereocenters. The highest BCUT2D eigenvalue weighted by atomic mass is 14.8. The SMILES string of the molecule is CCCCCCCCCCCCCCCCCCCCC#CC(=C=[N+]=[N-])C(CCCCCC)=C(c1cccc(CCCC)c1)c1cccc(CCCCCC)c1. The van der Waals surface area contributed by atoms with E-state index in [4.69, 9.17) is 0 Å². The third-order valence-electron chi connectivity index (χ3n) is 11.5. The van der Waals surface area contributed by atoms with Crippen molar-refractivity contribution in [2.45, 2.75) is 233 Å². The Hall–Kier alpha value is -3.10. The summed E-state index contributed by atoms with van der Waals surface area (Å²) in [7, 11) is 0. The van der Waals surface area contributed by atoms with Crippen LogP contribution in [0.4, 0.5) is 0 Å². The quantitative estimate of drug-likeness (QED) is 0.0170. The molecule has 0 aliphatic heterocycles. The molecule has 310 valence electrons. The summed E-state index contributed by atoms with van der Waals surface area (Å²) in [5, 5.41) is 0. The van der Waals surface area contributed by atoms with Crippen LogP contribution in [0.15, 0.2) is 59.7 Å². The summed E-state index contributed by atoms with van der Waals surface area (Å²) >= 11 is 0. The Labute approximate surface area is 347 Å². The van der Waals surface area contributed by atoms with Crippen LogP contribution in [0.1, 0.15) is 243 Å². The van der Waals surface area contributed by atoms with Crippen LogP contribution in [-0.2, 0) is 12.8 Å². The van der Waals surface area contributed by atoms with Crippen molar-refractivity contribution in [1.82, 2.24) is 0 Å². The molecule has 0 N–H and O–H groups in total. The molecule has 2 rings (SSSR count). The predicted octanol–water partition coefficient (Wildman–Crippen LogP) is 17.2. The third-order valence-corrected chi connectivity index (χ3v) is 11.5. The van der Waals surface area contributed by atoms with E-state index >= 15 is 0 Å². The van der Waals surface area contributed by atoms with Gasteiger partial charge in [0.2, 0.25) is 0 Å². The average molecular weight is 761 g/mol. The summed E-state index contributed by atoms with van der Waals surface area (Å²) in [6, 6.07) is 18.4. The van der Waals surface area contributed by atoms with E-state index in [1.165, 1.54) is 200 Å². The maximum atomic E-state index is 9.91. The number of benzene rings is 2. The number of rotatable bonds is 34. The molecule has 0 aliphatic carbocycles. The van der Waals surface area contributed by atoms with Gasteiger partial charge in [-0.05, 0) is 78.3 Å². The molecule has 56 heavy (non-hydrogen) atoms. The van der Waals surface area contributed by atoms with Crippen LogP contribution >= 0.6 is 0 Å². The second kappa shape index (κ2) is 35.1. The summed E-state index contributed by atoms with van der Waals surface area (Å²) in [6.07, 6.45) is 41.0. The van der Waals surface area contributed by atoms with Crippen LogP contribution in [0.2, 0.25) is 0 Å². The van der Waals surface area contributed by atoms with Crippen molar-refractivity contribution in [3.05, 3.63) is 87.5 Å². The molecule has 0 saturated heterocycles. The molecular formula is C54H84N2. The van der Waals surface area contributed by atoms with Gasteiger partial charge in [-0.1, -0.05) is 242 Å². The Morgan fingerprint density at radius 2 is 0.893 bits per heavy atom. The lowest BCUT2D eigenvalue weighted by Crippen LogP contribution is -2.01. The minimum atomic E-state index is 0.744. The molecular weight excluding hydrogens is 677 g/mol. The van der Waals surface area contributed by atoms with E-state index in [1.54, 1.807) is 0 Å².